The Morgan fingerprint density at radius 1 is 1.40 bits per heavy atom. The van der Waals surface area contributed by atoms with Gasteiger partial charge < -0.3 is 16.6 Å². The van der Waals surface area contributed by atoms with Gasteiger partial charge in [-0.25, -0.2) is 0 Å². The highest BCUT2D eigenvalue weighted by Gasteiger charge is 2.30. The molecule has 0 spiro atoms. The summed E-state index contributed by atoms with van der Waals surface area (Å²) in [6.45, 7) is 0. The molecule has 0 saturated carbocycles. The predicted octanol–water partition coefficient (Wildman–Crippen LogP) is -3.01. The second-order valence-electron chi connectivity index (χ2n) is 1.93. The highest BCUT2D eigenvalue weighted by molar-refractivity contribution is 5.88. The van der Waals surface area contributed by atoms with Gasteiger partial charge in [-0.3, -0.25) is 15.3 Å². The highest BCUT2D eigenvalue weighted by Crippen LogP contribution is 1.98. The third-order valence-electron chi connectivity index (χ3n) is 0.870. The minimum atomic E-state index is -2.31. The van der Waals surface area contributed by atoms with Crippen molar-refractivity contribution in [1.82, 2.24) is 0 Å². The van der Waals surface area contributed by atoms with Crippen LogP contribution in [0.4, 0.5) is 0 Å². The van der Waals surface area contributed by atoms with Crippen LogP contribution in [0.3, 0.4) is 0 Å². The second-order valence-corrected chi connectivity index (χ2v) is 1.93. The van der Waals surface area contributed by atoms with E-state index in [0.29, 0.717) is 0 Å². The molecule has 0 unspecified atom stereocenters. The number of hydrogen-bond donors (Lipinski definition) is 4. The van der Waals surface area contributed by atoms with Gasteiger partial charge in [-0.05, 0) is 0 Å². The fourth-order valence-electron chi connectivity index (χ4n) is 0.353. The molecule has 10 heavy (non-hydrogen) atoms. The van der Waals surface area contributed by atoms with Crippen LogP contribution < -0.4 is 17.2 Å². The molecule has 0 rings (SSSR count). The van der Waals surface area contributed by atoms with Crippen LogP contribution in [0.25, 0.3) is 0 Å². The monoisotopic (exact) mass is 147 g/mol. The van der Waals surface area contributed by atoms with Gasteiger partial charge in [0.2, 0.25) is 11.6 Å². The average molecular weight is 147 g/mol. The summed E-state index contributed by atoms with van der Waals surface area (Å²) in [7, 11) is 0. The molecule has 0 heterocycles. The van der Waals surface area contributed by atoms with Crippen molar-refractivity contribution in [3.05, 3.63) is 0 Å². The Morgan fingerprint density at radius 3 is 1.90 bits per heavy atom. The van der Waals surface area contributed by atoms with E-state index in [9.17, 15) is 9.59 Å². The zero-order valence-electron chi connectivity index (χ0n) is 5.20. The van der Waals surface area contributed by atoms with E-state index in [2.05, 4.69) is 11.5 Å². The van der Waals surface area contributed by atoms with Crippen LogP contribution in [0.2, 0.25) is 0 Å². The molecule has 7 N–H and O–H groups in total. The third-order valence-corrected chi connectivity index (χ3v) is 0.870. The van der Waals surface area contributed by atoms with Crippen molar-refractivity contribution >= 4 is 11.8 Å². The van der Waals surface area contributed by atoms with Crippen molar-refractivity contribution in [2.45, 2.75) is 12.1 Å². The molecule has 0 aromatic heterocycles. The standard InChI is InChI=1S/C4H9N3O3/c5-2(8)1-4(7,10)3(6)9/h10H,1,7H2,(H2,5,8)(H2,6,9)/t4-/m1/s1. The van der Waals surface area contributed by atoms with Gasteiger partial charge in [0, 0.05) is 0 Å². The summed E-state index contributed by atoms with van der Waals surface area (Å²) in [5, 5.41) is 8.76. The van der Waals surface area contributed by atoms with E-state index in [4.69, 9.17) is 10.8 Å². The number of primary amides is 2. The molecule has 0 bridgehead atoms. The fourth-order valence-corrected chi connectivity index (χ4v) is 0.353. The number of carbonyl (C=O) groups is 2. The Kier molecular flexibility index (Phi) is 2.33. The van der Waals surface area contributed by atoms with Crippen molar-refractivity contribution in [2.24, 2.45) is 17.2 Å². The molecule has 0 aromatic carbocycles. The molecule has 0 aromatic rings. The van der Waals surface area contributed by atoms with Gasteiger partial charge in [0.1, 0.15) is 0 Å². The summed E-state index contributed by atoms with van der Waals surface area (Å²) in [6.07, 6.45) is -0.664. The number of hydrogen-bond acceptors (Lipinski definition) is 4. The summed E-state index contributed by atoms with van der Waals surface area (Å²) < 4.78 is 0. The van der Waals surface area contributed by atoms with Crippen molar-refractivity contribution in [1.29, 1.82) is 0 Å². The molecule has 0 aliphatic carbocycles. The molecule has 0 fully saturated rings. The zero-order chi connectivity index (χ0) is 8.36. The molecule has 58 valence electrons. The van der Waals surface area contributed by atoms with E-state index >= 15 is 0 Å². The fraction of sp³-hybridized carbons (Fsp3) is 0.500. The van der Waals surface area contributed by atoms with E-state index in [0.717, 1.165) is 0 Å². The van der Waals surface area contributed by atoms with E-state index in [1.807, 2.05) is 0 Å². The smallest absolute Gasteiger partial charge is 0.265 e. The Balaban J connectivity index is 4.13. The molecule has 1 atom stereocenters. The first-order valence-electron chi connectivity index (χ1n) is 2.45. The molecule has 2 amide bonds. The molecule has 6 nitrogen and oxygen atoms in total. The topological polar surface area (TPSA) is 132 Å². The van der Waals surface area contributed by atoms with E-state index in [1.165, 1.54) is 0 Å². The van der Waals surface area contributed by atoms with Crippen molar-refractivity contribution in [3.8, 4) is 0 Å². The second kappa shape index (κ2) is 2.63. The first-order valence-corrected chi connectivity index (χ1v) is 2.45. The molecular formula is C4H9N3O3. The van der Waals surface area contributed by atoms with Gasteiger partial charge in [-0.1, -0.05) is 0 Å². The Labute approximate surface area is 57.0 Å². The van der Waals surface area contributed by atoms with Crippen molar-refractivity contribution in [3.63, 3.8) is 0 Å². The number of carbonyl (C=O) groups excluding carboxylic acids is 2. The molecule has 0 aliphatic rings. The van der Waals surface area contributed by atoms with Crippen LogP contribution in [0.5, 0.6) is 0 Å². The van der Waals surface area contributed by atoms with E-state index in [-0.39, 0.29) is 0 Å². The minimum Gasteiger partial charge on any atom is -0.370 e. The van der Waals surface area contributed by atoms with Gasteiger partial charge in [-0.15, -0.1) is 0 Å². The van der Waals surface area contributed by atoms with Gasteiger partial charge in [-0.2, -0.15) is 0 Å². The Bertz CT molecular complexity index is 165. The van der Waals surface area contributed by atoms with Crippen LogP contribution in [0, 0.1) is 0 Å². The SMILES string of the molecule is NC(=O)C[C@@](N)(O)C(N)=O. The van der Waals surface area contributed by atoms with Crippen LogP contribution >= 0.6 is 0 Å². The maximum atomic E-state index is 10.2. The molecule has 0 radical (unpaired) electrons. The van der Waals surface area contributed by atoms with Crippen LogP contribution in [-0.4, -0.2) is 22.6 Å². The predicted molar refractivity (Wildman–Crippen MR) is 32.1 cm³/mol. The van der Waals surface area contributed by atoms with Crippen LogP contribution in [0.15, 0.2) is 0 Å². The lowest BCUT2D eigenvalue weighted by atomic mass is 10.1. The first-order chi connectivity index (χ1) is 4.36. The van der Waals surface area contributed by atoms with Gasteiger partial charge in [0.15, 0.2) is 0 Å². The summed E-state index contributed by atoms with van der Waals surface area (Å²) >= 11 is 0. The van der Waals surface area contributed by atoms with Crippen LogP contribution in [-0.2, 0) is 9.59 Å². The highest BCUT2D eigenvalue weighted by atomic mass is 16.3. The van der Waals surface area contributed by atoms with Crippen molar-refractivity contribution in [2.75, 3.05) is 0 Å². The zero-order valence-corrected chi connectivity index (χ0v) is 5.20. The summed E-state index contributed by atoms with van der Waals surface area (Å²) in [4.78, 5) is 20.3. The average Bonchev–Trinajstić information content (AvgIpc) is 1.60. The maximum absolute atomic E-state index is 10.2. The summed E-state index contributed by atoms with van der Waals surface area (Å²) in [6, 6.07) is 0. The summed E-state index contributed by atoms with van der Waals surface area (Å²) in [5.74, 6) is -2.06. The molecular weight excluding hydrogens is 138 g/mol. The molecule has 0 aliphatic heterocycles. The third kappa shape index (κ3) is 2.42. The lowest BCUT2D eigenvalue weighted by molar-refractivity contribution is -0.141. The Hall–Kier alpha value is -1.14. The lowest BCUT2D eigenvalue weighted by Crippen LogP contribution is -2.54. The number of aliphatic hydroxyl groups is 1. The van der Waals surface area contributed by atoms with Crippen LogP contribution in [0.1, 0.15) is 6.42 Å². The van der Waals surface area contributed by atoms with Gasteiger partial charge in [0.05, 0.1) is 6.42 Å². The van der Waals surface area contributed by atoms with Crippen molar-refractivity contribution < 1.29 is 14.7 Å². The lowest BCUT2D eigenvalue weighted by Gasteiger charge is -2.15. The van der Waals surface area contributed by atoms with E-state index in [1.54, 1.807) is 0 Å². The number of nitrogens with two attached hydrogens (primary N) is 3. The normalized spacial score (nSPS) is 15.8. The number of amides is 2. The quantitative estimate of drug-likeness (QED) is 0.316. The Morgan fingerprint density at radius 2 is 1.80 bits per heavy atom. The summed E-state index contributed by atoms with van der Waals surface area (Å²) in [5.41, 5.74) is 11.8. The number of rotatable bonds is 3. The maximum Gasteiger partial charge on any atom is 0.265 e. The minimum absolute atomic E-state index is 0.664. The van der Waals surface area contributed by atoms with Gasteiger partial charge in [0.25, 0.3) is 5.91 Å². The molecule has 0 saturated heterocycles. The van der Waals surface area contributed by atoms with Gasteiger partial charge >= 0.3 is 0 Å². The first kappa shape index (κ1) is 8.86. The van der Waals surface area contributed by atoms with E-state index < -0.39 is 24.0 Å². The molecule has 6 heteroatoms. The largest absolute Gasteiger partial charge is 0.370 e.